The van der Waals surface area contributed by atoms with Gasteiger partial charge in [-0.2, -0.15) is 0 Å². The Morgan fingerprint density at radius 3 is 2.67 bits per heavy atom. The number of carbonyl (C=O) groups excluding carboxylic acids is 1. The number of benzene rings is 2. The Balaban J connectivity index is 2.52. The van der Waals surface area contributed by atoms with Crippen molar-refractivity contribution < 1.29 is 9.53 Å². The molecular formula is C16H16O2. The summed E-state index contributed by atoms with van der Waals surface area (Å²) in [5.74, 6) is 0.925. The van der Waals surface area contributed by atoms with Gasteiger partial charge in [0.1, 0.15) is 5.75 Å². The average Bonchev–Trinajstić information content (AvgIpc) is 2.36. The minimum Gasteiger partial charge on any atom is -0.497 e. The van der Waals surface area contributed by atoms with Crippen molar-refractivity contribution in [3.05, 3.63) is 47.5 Å². The SMILES string of the molecule is COc1cc(C)c2cc(/C=C/C(C)=O)ccc2c1. The maximum atomic E-state index is 10.9. The largest absolute Gasteiger partial charge is 0.497 e. The lowest BCUT2D eigenvalue weighted by Gasteiger charge is -2.07. The lowest BCUT2D eigenvalue weighted by atomic mass is 10.0. The number of allylic oxidation sites excluding steroid dienone is 1. The zero-order valence-corrected chi connectivity index (χ0v) is 10.9. The molecule has 0 spiro atoms. The molecule has 0 saturated heterocycles. The van der Waals surface area contributed by atoms with Crippen LogP contribution in [0.1, 0.15) is 18.1 Å². The fourth-order valence-electron chi connectivity index (χ4n) is 1.96. The Morgan fingerprint density at radius 1 is 1.22 bits per heavy atom. The highest BCUT2D eigenvalue weighted by Crippen LogP contribution is 2.26. The van der Waals surface area contributed by atoms with Crippen LogP contribution in [0, 0.1) is 6.92 Å². The molecule has 0 N–H and O–H groups in total. The van der Waals surface area contributed by atoms with Crippen molar-refractivity contribution in [3.8, 4) is 5.75 Å². The molecule has 0 bridgehead atoms. The normalized spacial score (nSPS) is 11.1. The van der Waals surface area contributed by atoms with Crippen molar-refractivity contribution in [2.24, 2.45) is 0 Å². The second-order valence-corrected chi connectivity index (χ2v) is 4.37. The van der Waals surface area contributed by atoms with Gasteiger partial charge in [-0.3, -0.25) is 4.79 Å². The van der Waals surface area contributed by atoms with E-state index in [1.165, 1.54) is 10.9 Å². The molecule has 0 aliphatic heterocycles. The molecule has 0 fully saturated rings. The fourth-order valence-corrected chi connectivity index (χ4v) is 1.96. The Morgan fingerprint density at radius 2 is 2.00 bits per heavy atom. The number of rotatable bonds is 3. The number of fused-ring (bicyclic) bond motifs is 1. The van der Waals surface area contributed by atoms with Crippen molar-refractivity contribution >= 4 is 22.6 Å². The van der Waals surface area contributed by atoms with Gasteiger partial charge in [-0.15, -0.1) is 0 Å². The van der Waals surface area contributed by atoms with Crippen molar-refractivity contribution in [3.63, 3.8) is 0 Å². The van der Waals surface area contributed by atoms with Crippen molar-refractivity contribution in [2.75, 3.05) is 7.11 Å². The molecule has 0 aliphatic carbocycles. The lowest BCUT2D eigenvalue weighted by molar-refractivity contribution is -0.112. The predicted octanol–water partition coefficient (Wildman–Crippen LogP) is 3.76. The molecule has 2 aromatic rings. The van der Waals surface area contributed by atoms with Crippen LogP contribution in [0.2, 0.25) is 0 Å². The summed E-state index contributed by atoms with van der Waals surface area (Å²) in [5, 5.41) is 2.33. The molecule has 0 aliphatic rings. The summed E-state index contributed by atoms with van der Waals surface area (Å²) in [4.78, 5) is 10.9. The Bertz CT molecular complexity index is 624. The van der Waals surface area contributed by atoms with E-state index in [2.05, 4.69) is 13.0 Å². The average molecular weight is 240 g/mol. The van der Waals surface area contributed by atoms with Gasteiger partial charge in [0.2, 0.25) is 0 Å². The number of ether oxygens (including phenoxy) is 1. The van der Waals surface area contributed by atoms with E-state index in [1.807, 2.05) is 30.3 Å². The highest BCUT2D eigenvalue weighted by atomic mass is 16.5. The molecule has 0 atom stereocenters. The zero-order chi connectivity index (χ0) is 13.1. The molecule has 0 unspecified atom stereocenters. The van der Waals surface area contributed by atoms with Crippen LogP contribution in [0.25, 0.3) is 16.8 Å². The van der Waals surface area contributed by atoms with E-state index in [0.717, 1.165) is 16.7 Å². The summed E-state index contributed by atoms with van der Waals surface area (Å²) in [6.07, 6.45) is 3.42. The van der Waals surface area contributed by atoms with Crippen LogP contribution in [-0.4, -0.2) is 12.9 Å². The second-order valence-electron chi connectivity index (χ2n) is 4.37. The van der Waals surface area contributed by atoms with E-state index in [9.17, 15) is 4.79 Å². The van der Waals surface area contributed by atoms with Crippen LogP contribution < -0.4 is 4.74 Å². The third-order valence-corrected chi connectivity index (χ3v) is 2.90. The molecule has 92 valence electrons. The van der Waals surface area contributed by atoms with Crippen LogP contribution in [-0.2, 0) is 4.79 Å². The van der Waals surface area contributed by atoms with E-state index in [1.54, 1.807) is 20.1 Å². The fraction of sp³-hybridized carbons (Fsp3) is 0.188. The Labute approximate surface area is 107 Å². The van der Waals surface area contributed by atoms with E-state index < -0.39 is 0 Å². The number of carbonyl (C=O) groups is 1. The highest BCUT2D eigenvalue weighted by Gasteiger charge is 2.01. The number of hydrogen-bond acceptors (Lipinski definition) is 2. The Kier molecular flexibility index (Phi) is 3.47. The smallest absolute Gasteiger partial charge is 0.152 e. The molecule has 0 amide bonds. The first-order valence-corrected chi connectivity index (χ1v) is 5.87. The first-order valence-electron chi connectivity index (χ1n) is 5.87. The maximum absolute atomic E-state index is 10.9. The van der Waals surface area contributed by atoms with Crippen molar-refractivity contribution in [1.82, 2.24) is 0 Å². The molecule has 2 rings (SSSR count). The van der Waals surface area contributed by atoms with Gasteiger partial charge in [0.05, 0.1) is 7.11 Å². The predicted molar refractivity (Wildman–Crippen MR) is 75.0 cm³/mol. The summed E-state index contributed by atoms with van der Waals surface area (Å²) < 4.78 is 5.25. The summed E-state index contributed by atoms with van der Waals surface area (Å²) in [6.45, 7) is 3.61. The topological polar surface area (TPSA) is 26.3 Å². The van der Waals surface area contributed by atoms with Gasteiger partial charge in [-0.1, -0.05) is 18.2 Å². The van der Waals surface area contributed by atoms with Crippen LogP contribution in [0.4, 0.5) is 0 Å². The van der Waals surface area contributed by atoms with Crippen molar-refractivity contribution in [2.45, 2.75) is 13.8 Å². The summed E-state index contributed by atoms with van der Waals surface area (Å²) >= 11 is 0. The van der Waals surface area contributed by atoms with Crippen LogP contribution in [0.3, 0.4) is 0 Å². The van der Waals surface area contributed by atoms with Crippen LogP contribution >= 0.6 is 0 Å². The summed E-state index contributed by atoms with van der Waals surface area (Å²) in [6, 6.07) is 10.2. The molecule has 2 nitrogen and oxygen atoms in total. The molecule has 0 aromatic heterocycles. The molecule has 18 heavy (non-hydrogen) atoms. The van der Waals surface area contributed by atoms with Gasteiger partial charge in [0.15, 0.2) is 5.78 Å². The van der Waals surface area contributed by atoms with Gasteiger partial charge in [-0.25, -0.2) is 0 Å². The second kappa shape index (κ2) is 5.05. The maximum Gasteiger partial charge on any atom is 0.152 e. The number of aryl methyl sites for hydroxylation is 1. The monoisotopic (exact) mass is 240 g/mol. The quantitative estimate of drug-likeness (QED) is 0.763. The third-order valence-electron chi connectivity index (χ3n) is 2.90. The third kappa shape index (κ3) is 2.59. The van der Waals surface area contributed by atoms with Gasteiger partial charge < -0.3 is 4.74 Å². The molecule has 0 radical (unpaired) electrons. The van der Waals surface area contributed by atoms with E-state index in [0.29, 0.717) is 0 Å². The molecule has 0 heterocycles. The van der Waals surface area contributed by atoms with Gasteiger partial charge in [0.25, 0.3) is 0 Å². The molecular weight excluding hydrogens is 224 g/mol. The summed E-state index contributed by atoms with van der Waals surface area (Å²) in [7, 11) is 1.67. The summed E-state index contributed by atoms with van der Waals surface area (Å²) in [5.41, 5.74) is 2.20. The minimum absolute atomic E-state index is 0.0570. The van der Waals surface area contributed by atoms with Crippen molar-refractivity contribution in [1.29, 1.82) is 0 Å². The van der Waals surface area contributed by atoms with Gasteiger partial charge in [-0.05, 0) is 60.0 Å². The minimum atomic E-state index is 0.0570. The number of hydrogen-bond donors (Lipinski definition) is 0. The number of ketones is 1. The molecule has 0 saturated carbocycles. The lowest BCUT2D eigenvalue weighted by Crippen LogP contribution is -1.87. The van der Waals surface area contributed by atoms with Gasteiger partial charge >= 0.3 is 0 Å². The van der Waals surface area contributed by atoms with Crippen LogP contribution in [0.15, 0.2) is 36.4 Å². The first kappa shape index (κ1) is 12.4. The highest BCUT2D eigenvalue weighted by molar-refractivity contribution is 5.93. The van der Waals surface area contributed by atoms with Crippen LogP contribution in [0.5, 0.6) is 5.75 Å². The van der Waals surface area contributed by atoms with E-state index in [4.69, 9.17) is 4.74 Å². The first-order chi connectivity index (χ1) is 8.60. The van der Waals surface area contributed by atoms with E-state index in [-0.39, 0.29) is 5.78 Å². The molecule has 2 aromatic carbocycles. The van der Waals surface area contributed by atoms with E-state index >= 15 is 0 Å². The number of methoxy groups -OCH3 is 1. The molecule has 2 heteroatoms. The Hall–Kier alpha value is -2.09. The zero-order valence-electron chi connectivity index (χ0n) is 10.9. The van der Waals surface area contributed by atoms with Gasteiger partial charge in [0, 0.05) is 0 Å². The standard InChI is InChI=1S/C16H16O2/c1-11-8-15(18-3)10-14-7-6-13(9-16(11)14)5-4-12(2)17/h4-10H,1-3H3/b5-4+.